The van der Waals surface area contributed by atoms with E-state index in [0.717, 1.165) is 25.3 Å². The number of rotatable bonds is 14. The SMILES string of the molecule is COCCN(C)C1NC(NC2COC2)CC(C(=O)NC[C@H](O)CN2CCc3cc(OCc4cnco4)ccc3C2)N1. The molecule has 3 aliphatic heterocycles. The second kappa shape index (κ2) is 14.5. The molecule has 1 aromatic heterocycles. The number of methoxy groups -OCH3 is 1. The number of β-amino-alcohol motifs (C(OH)–C–C–N with tert-alkyl or cyclic N) is 1. The molecule has 5 N–H and O–H groups in total. The van der Waals surface area contributed by atoms with Crippen LogP contribution >= 0.6 is 0 Å². The fourth-order valence-electron chi connectivity index (χ4n) is 5.34. The number of likely N-dealkylation sites (N-methyl/N-ethyl adjacent to an activating group) is 1. The first-order chi connectivity index (χ1) is 20.0. The van der Waals surface area contributed by atoms with Crippen LogP contribution in [0.2, 0.25) is 0 Å². The largest absolute Gasteiger partial charge is 0.486 e. The number of nitrogens with zero attached hydrogens (tertiary/aromatic N) is 3. The van der Waals surface area contributed by atoms with Crippen molar-refractivity contribution in [1.29, 1.82) is 0 Å². The molecule has 1 amide bonds. The van der Waals surface area contributed by atoms with Crippen molar-refractivity contribution in [2.24, 2.45) is 0 Å². The van der Waals surface area contributed by atoms with E-state index in [4.69, 9.17) is 18.6 Å². The number of hydrogen-bond donors (Lipinski definition) is 5. The predicted octanol–water partition coefficient (Wildman–Crippen LogP) is -0.783. The van der Waals surface area contributed by atoms with E-state index in [2.05, 4.69) is 48.2 Å². The zero-order chi connectivity index (χ0) is 28.6. The van der Waals surface area contributed by atoms with Crippen molar-refractivity contribution in [2.75, 3.05) is 60.2 Å². The van der Waals surface area contributed by atoms with E-state index in [1.54, 1.807) is 13.3 Å². The molecular weight excluding hydrogens is 530 g/mol. The molecule has 2 saturated heterocycles. The topological polar surface area (TPSA) is 146 Å². The zero-order valence-electron chi connectivity index (χ0n) is 23.9. The summed E-state index contributed by atoms with van der Waals surface area (Å²) in [7, 11) is 3.66. The summed E-state index contributed by atoms with van der Waals surface area (Å²) in [5.41, 5.74) is 2.47. The molecule has 226 valence electrons. The summed E-state index contributed by atoms with van der Waals surface area (Å²) in [6.45, 7) is 5.25. The molecule has 2 fully saturated rings. The van der Waals surface area contributed by atoms with Crippen LogP contribution in [0, 0.1) is 0 Å². The maximum Gasteiger partial charge on any atom is 0.237 e. The third kappa shape index (κ3) is 8.46. The normalized spacial score (nSPS) is 24.0. The number of carbonyl (C=O) groups is 1. The third-order valence-electron chi connectivity index (χ3n) is 7.78. The lowest BCUT2D eigenvalue weighted by molar-refractivity contribution is -0.126. The molecular formula is C28H43N7O6. The number of nitrogens with one attached hydrogen (secondary N) is 4. The molecule has 1 aromatic carbocycles. The maximum absolute atomic E-state index is 13.2. The summed E-state index contributed by atoms with van der Waals surface area (Å²) in [5, 5.41) is 24.2. The van der Waals surface area contributed by atoms with E-state index in [1.165, 1.54) is 17.5 Å². The van der Waals surface area contributed by atoms with E-state index < -0.39 is 12.1 Å². The van der Waals surface area contributed by atoms with Crippen molar-refractivity contribution in [3.05, 3.63) is 47.7 Å². The van der Waals surface area contributed by atoms with Crippen LogP contribution in [0.3, 0.4) is 0 Å². The standard InChI is InChI=1S/C28H43N7O6/c1-34(7-8-38-2)28-32-25(10-26(33-28)31-21-15-39-16-21)27(37)30-11-22(36)14-35-6-5-19-9-23(4-3-20(19)13-35)40-17-24-12-29-18-41-24/h3-4,9,12,18,21-22,25-26,28,31-33,36H,5-8,10-11,13-17H2,1-2H3,(H,30,37)/t22-,25?,26?,28?/m0/s1. The molecule has 4 atom stereocenters. The fourth-order valence-corrected chi connectivity index (χ4v) is 5.34. The first kappa shape index (κ1) is 29.9. The van der Waals surface area contributed by atoms with Gasteiger partial charge in [-0.05, 0) is 36.7 Å². The van der Waals surface area contributed by atoms with E-state index >= 15 is 0 Å². The van der Waals surface area contributed by atoms with Crippen LogP contribution in [-0.4, -0.2) is 117 Å². The number of amides is 1. The lowest BCUT2D eigenvalue weighted by atomic mass is 9.99. The van der Waals surface area contributed by atoms with Crippen LogP contribution in [-0.2, 0) is 33.8 Å². The molecule has 41 heavy (non-hydrogen) atoms. The molecule has 2 aromatic rings. The van der Waals surface area contributed by atoms with E-state index in [0.29, 0.717) is 51.7 Å². The van der Waals surface area contributed by atoms with Gasteiger partial charge in [0.25, 0.3) is 0 Å². The Hall–Kier alpha value is -2.62. The number of aromatic nitrogens is 1. The van der Waals surface area contributed by atoms with Crippen LogP contribution < -0.4 is 26.0 Å². The molecule has 0 aliphatic carbocycles. The second-order valence-electron chi connectivity index (χ2n) is 11.0. The monoisotopic (exact) mass is 573 g/mol. The van der Waals surface area contributed by atoms with E-state index in [1.807, 2.05) is 13.1 Å². The number of fused-ring (bicyclic) bond motifs is 1. The molecule has 3 aliphatic rings. The number of aliphatic hydroxyl groups is 1. The lowest BCUT2D eigenvalue weighted by Gasteiger charge is -2.43. The summed E-state index contributed by atoms with van der Waals surface area (Å²) >= 11 is 0. The van der Waals surface area contributed by atoms with Crippen molar-refractivity contribution in [2.45, 2.75) is 56.6 Å². The van der Waals surface area contributed by atoms with Crippen molar-refractivity contribution < 1.29 is 28.5 Å². The maximum atomic E-state index is 13.2. The molecule has 3 unspecified atom stereocenters. The Morgan fingerprint density at radius 3 is 2.95 bits per heavy atom. The quantitative estimate of drug-likeness (QED) is 0.193. The van der Waals surface area contributed by atoms with Crippen LogP contribution in [0.25, 0.3) is 0 Å². The molecule has 4 heterocycles. The van der Waals surface area contributed by atoms with Gasteiger partial charge in [0, 0.05) is 46.3 Å². The van der Waals surface area contributed by atoms with Crippen LogP contribution in [0.4, 0.5) is 0 Å². The number of hydrogen-bond acceptors (Lipinski definition) is 12. The minimum atomic E-state index is -0.673. The number of benzene rings is 1. The van der Waals surface area contributed by atoms with Gasteiger partial charge in [0.2, 0.25) is 5.91 Å². The van der Waals surface area contributed by atoms with Gasteiger partial charge in [0.1, 0.15) is 18.6 Å². The Balaban J connectivity index is 1.07. The van der Waals surface area contributed by atoms with Crippen LogP contribution in [0.15, 0.2) is 35.2 Å². The van der Waals surface area contributed by atoms with Crippen LogP contribution in [0.1, 0.15) is 23.3 Å². The average Bonchev–Trinajstić information content (AvgIpc) is 3.49. The fraction of sp³-hybridized carbons (Fsp3) is 0.643. The highest BCUT2D eigenvalue weighted by Gasteiger charge is 2.35. The molecule has 0 radical (unpaired) electrons. The third-order valence-corrected chi connectivity index (χ3v) is 7.78. The summed E-state index contributed by atoms with van der Waals surface area (Å²) in [4.78, 5) is 21.4. The van der Waals surface area contributed by atoms with Crippen molar-refractivity contribution in [3.63, 3.8) is 0 Å². The molecule has 0 saturated carbocycles. The van der Waals surface area contributed by atoms with Gasteiger partial charge in [-0.15, -0.1) is 0 Å². The number of carbonyl (C=O) groups excluding carboxylic acids is 1. The molecule has 0 bridgehead atoms. The number of ether oxygens (including phenoxy) is 3. The summed E-state index contributed by atoms with van der Waals surface area (Å²) in [6.07, 6.45) is 3.58. The molecule has 5 rings (SSSR count). The predicted molar refractivity (Wildman–Crippen MR) is 150 cm³/mol. The van der Waals surface area contributed by atoms with Crippen LogP contribution in [0.5, 0.6) is 5.75 Å². The lowest BCUT2D eigenvalue weighted by Crippen LogP contribution is -2.71. The van der Waals surface area contributed by atoms with Gasteiger partial charge in [0.05, 0.1) is 50.4 Å². The molecule has 13 nitrogen and oxygen atoms in total. The second-order valence-corrected chi connectivity index (χ2v) is 11.0. The van der Waals surface area contributed by atoms with Gasteiger partial charge in [-0.3, -0.25) is 30.5 Å². The Kier molecular flexibility index (Phi) is 10.6. The summed E-state index contributed by atoms with van der Waals surface area (Å²) < 4.78 is 21.6. The smallest absolute Gasteiger partial charge is 0.237 e. The van der Waals surface area contributed by atoms with Gasteiger partial charge < -0.3 is 29.1 Å². The Morgan fingerprint density at radius 1 is 1.32 bits per heavy atom. The van der Waals surface area contributed by atoms with Crippen molar-refractivity contribution in [3.8, 4) is 5.75 Å². The van der Waals surface area contributed by atoms with Crippen molar-refractivity contribution >= 4 is 5.91 Å². The molecule has 13 heteroatoms. The highest BCUT2D eigenvalue weighted by molar-refractivity contribution is 5.82. The minimum absolute atomic E-state index is 0.0395. The van der Waals surface area contributed by atoms with E-state index in [9.17, 15) is 9.90 Å². The first-order valence-corrected chi connectivity index (χ1v) is 14.3. The van der Waals surface area contributed by atoms with Gasteiger partial charge >= 0.3 is 0 Å². The van der Waals surface area contributed by atoms with Crippen molar-refractivity contribution in [1.82, 2.24) is 36.1 Å². The Morgan fingerprint density at radius 2 is 2.20 bits per heavy atom. The van der Waals surface area contributed by atoms with Gasteiger partial charge in [-0.2, -0.15) is 0 Å². The zero-order valence-corrected chi connectivity index (χ0v) is 23.9. The Labute approximate surface area is 240 Å². The van der Waals surface area contributed by atoms with Gasteiger partial charge in [-0.1, -0.05) is 6.07 Å². The van der Waals surface area contributed by atoms with Gasteiger partial charge in [-0.25, -0.2) is 4.98 Å². The summed E-state index contributed by atoms with van der Waals surface area (Å²) in [6, 6.07) is 6.00. The summed E-state index contributed by atoms with van der Waals surface area (Å²) in [5.74, 6) is 1.36. The van der Waals surface area contributed by atoms with Gasteiger partial charge in [0.15, 0.2) is 12.2 Å². The Bertz CT molecular complexity index is 1100. The minimum Gasteiger partial charge on any atom is -0.486 e. The highest BCUT2D eigenvalue weighted by Crippen LogP contribution is 2.24. The number of aliphatic hydroxyl groups excluding tert-OH is 1. The average molecular weight is 574 g/mol. The number of oxazole rings is 1. The highest BCUT2D eigenvalue weighted by atomic mass is 16.5. The molecule has 0 spiro atoms. The first-order valence-electron chi connectivity index (χ1n) is 14.3. The van der Waals surface area contributed by atoms with E-state index in [-0.39, 0.29) is 30.9 Å².